The molecule has 186 valence electrons. The van der Waals surface area contributed by atoms with Gasteiger partial charge in [0.05, 0.1) is 16.9 Å². The molecule has 0 fully saturated rings. The molecule has 8 nitrogen and oxygen atoms in total. The van der Waals surface area contributed by atoms with E-state index in [1.165, 1.54) is 6.20 Å². The zero-order valence-corrected chi connectivity index (χ0v) is 23.0. The van der Waals surface area contributed by atoms with E-state index in [0.29, 0.717) is 32.0 Å². The van der Waals surface area contributed by atoms with Crippen molar-refractivity contribution >= 4 is 62.0 Å². The number of hydrogen-bond acceptors (Lipinski definition) is 7. The SMILES string of the molecule is Cc1c(-c2cc3cc(N)ncc3c(Cl)c2Br)cncc1N(C(=O)OC(C)(C)C)C(=O)OC(C)(C)C. The number of pyridine rings is 2. The number of nitrogens with zero attached hydrogens (tertiary/aromatic N) is 3. The third-order valence-corrected chi connectivity index (χ3v) is 6.24. The molecule has 0 saturated heterocycles. The number of amides is 2. The first-order valence-electron chi connectivity index (χ1n) is 10.8. The van der Waals surface area contributed by atoms with Gasteiger partial charge in [-0.2, -0.15) is 4.90 Å². The number of nitrogen functional groups attached to an aromatic ring is 1. The number of fused-ring (bicyclic) bond motifs is 1. The Bertz CT molecular complexity index is 1290. The lowest BCUT2D eigenvalue weighted by Gasteiger charge is -2.29. The number of carbonyl (C=O) groups excluding carboxylic acids is 2. The molecule has 10 heteroatoms. The molecule has 0 radical (unpaired) electrons. The lowest BCUT2D eigenvalue weighted by molar-refractivity contribution is 0.0430. The summed E-state index contributed by atoms with van der Waals surface area (Å²) in [6.45, 7) is 12.1. The van der Waals surface area contributed by atoms with E-state index >= 15 is 0 Å². The van der Waals surface area contributed by atoms with Crippen molar-refractivity contribution in [2.75, 3.05) is 10.6 Å². The summed E-state index contributed by atoms with van der Waals surface area (Å²) < 4.78 is 11.6. The molecule has 2 N–H and O–H groups in total. The third-order valence-electron chi connectivity index (χ3n) is 4.79. The fourth-order valence-electron chi connectivity index (χ4n) is 3.34. The van der Waals surface area contributed by atoms with Crippen molar-refractivity contribution in [2.45, 2.75) is 59.7 Å². The highest BCUT2D eigenvalue weighted by molar-refractivity contribution is 9.10. The minimum Gasteiger partial charge on any atom is -0.443 e. The van der Waals surface area contributed by atoms with Crippen molar-refractivity contribution in [3.05, 3.63) is 45.8 Å². The Labute approximate surface area is 217 Å². The second-order valence-electron chi connectivity index (χ2n) is 10.0. The molecule has 1 aromatic carbocycles. The number of nitrogens with two attached hydrogens (primary N) is 1. The maximum atomic E-state index is 13.1. The molecular weight excluding hydrogens is 536 g/mol. The van der Waals surface area contributed by atoms with Crippen molar-refractivity contribution in [3.63, 3.8) is 0 Å². The highest BCUT2D eigenvalue weighted by Crippen LogP contribution is 2.42. The molecule has 3 rings (SSSR count). The molecule has 0 saturated carbocycles. The summed E-state index contributed by atoms with van der Waals surface area (Å²) >= 11 is 10.2. The first-order chi connectivity index (χ1) is 16.1. The Balaban J connectivity index is 2.21. The fraction of sp³-hybridized carbons (Fsp3) is 0.360. The van der Waals surface area contributed by atoms with Crippen LogP contribution in [0.25, 0.3) is 21.9 Å². The van der Waals surface area contributed by atoms with E-state index in [4.69, 9.17) is 26.8 Å². The van der Waals surface area contributed by atoms with Gasteiger partial charge >= 0.3 is 12.2 Å². The Hall–Kier alpha value is -2.91. The largest absolute Gasteiger partial charge is 0.443 e. The second kappa shape index (κ2) is 9.62. The van der Waals surface area contributed by atoms with Gasteiger partial charge in [0, 0.05) is 27.8 Å². The maximum absolute atomic E-state index is 13.1. The average molecular weight is 564 g/mol. The highest BCUT2D eigenvalue weighted by atomic mass is 79.9. The van der Waals surface area contributed by atoms with Gasteiger partial charge in [-0.25, -0.2) is 14.6 Å². The molecule has 2 amide bonds. The summed E-state index contributed by atoms with van der Waals surface area (Å²) in [7, 11) is 0. The van der Waals surface area contributed by atoms with E-state index in [-0.39, 0.29) is 5.69 Å². The summed E-state index contributed by atoms with van der Waals surface area (Å²) in [5.74, 6) is 0.353. The Morgan fingerprint density at radius 1 is 0.971 bits per heavy atom. The summed E-state index contributed by atoms with van der Waals surface area (Å²) in [4.78, 5) is 35.6. The van der Waals surface area contributed by atoms with Gasteiger partial charge in [-0.05, 0) is 93.0 Å². The number of rotatable bonds is 2. The molecule has 0 spiro atoms. The summed E-state index contributed by atoms with van der Waals surface area (Å²) in [6, 6.07) is 3.61. The maximum Gasteiger partial charge on any atom is 0.424 e. The second-order valence-corrected chi connectivity index (χ2v) is 11.2. The van der Waals surface area contributed by atoms with Gasteiger partial charge in [0.25, 0.3) is 0 Å². The topological polar surface area (TPSA) is 108 Å². The van der Waals surface area contributed by atoms with Crippen molar-refractivity contribution in [2.24, 2.45) is 0 Å². The van der Waals surface area contributed by atoms with Gasteiger partial charge in [0.15, 0.2) is 0 Å². The van der Waals surface area contributed by atoms with Gasteiger partial charge in [0.1, 0.15) is 17.0 Å². The van der Waals surface area contributed by atoms with Crippen molar-refractivity contribution in [1.29, 1.82) is 0 Å². The average Bonchev–Trinajstić information content (AvgIpc) is 2.69. The van der Waals surface area contributed by atoms with Gasteiger partial charge in [-0.3, -0.25) is 4.98 Å². The number of benzene rings is 1. The fourth-order valence-corrected chi connectivity index (χ4v) is 4.14. The van der Waals surface area contributed by atoms with Crippen LogP contribution in [-0.4, -0.2) is 33.4 Å². The molecular formula is C25H28BrClN4O4. The Morgan fingerprint density at radius 3 is 2.09 bits per heavy atom. The smallest absolute Gasteiger partial charge is 0.424 e. The predicted octanol–water partition coefficient (Wildman–Crippen LogP) is 7.28. The molecule has 0 atom stereocenters. The van der Waals surface area contributed by atoms with E-state index in [1.807, 2.05) is 6.07 Å². The van der Waals surface area contributed by atoms with Crippen LogP contribution in [0.1, 0.15) is 47.1 Å². The predicted molar refractivity (Wildman–Crippen MR) is 142 cm³/mol. The van der Waals surface area contributed by atoms with Crippen LogP contribution in [-0.2, 0) is 9.47 Å². The zero-order valence-electron chi connectivity index (χ0n) is 20.7. The number of ether oxygens (including phenoxy) is 2. The van der Waals surface area contributed by atoms with Gasteiger partial charge < -0.3 is 15.2 Å². The molecule has 2 aromatic heterocycles. The highest BCUT2D eigenvalue weighted by Gasteiger charge is 2.34. The lowest BCUT2D eigenvalue weighted by atomic mass is 9.99. The van der Waals surface area contributed by atoms with E-state index in [1.54, 1.807) is 66.9 Å². The molecule has 3 aromatic rings. The summed E-state index contributed by atoms with van der Waals surface area (Å²) in [5, 5.41) is 1.95. The van der Waals surface area contributed by atoms with Gasteiger partial charge in [-0.1, -0.05) is 11.6 Å². The van der Waals surface area contributed by atoms with E-state index in [9.17, 15) is 9.59 Å². The minimum atomic E-state index is -0.872. The Kier molecular flexibility index (Phi) is 7.34. The first kappa shape index (κ1) is 26.7. The van der Waals surface area contributed by atoms with E-state index < -0.39 is 23.4 Å². The number of halogens is 2. The van der Waals surface area contributed by atoms with Crippen LogP contribution in [0.3, 0.4) is 0 Å². The molecule has 2 heterocycles. The van der Waals surface area contributed by atoms with Crippen LogP contribution in [0.4, 0.5) is 21.1 Å². The zero-order chi connectivity index (χ0) is 26.3. The summed E-state index contributed by atoms with van der Waals surface area (Å²) in [6.07, 6.45) is 2.92. The van der Waals surface area contributed by atoms with E-state index in [2.05, 4.69) is 25.9 Å². The quantitative estimate of drug-likeness (QED) is 0.349. The van der Waals surface area contributed by atoms with Crippen molar-refractivity contribution < 1.29 is 19.1 Å². The van der Waals surface area contributed by atoms with Crippen LogP contribution in [0.15, 0.2) is 35.2 Å². The van der Waals surface area contributed by atoms with Crippen molar-refractivity contribution in [3.8, 4) is 11.1 Å². The number of imide groups is 1. The summed E-state index contributed by atoms with van der Waals surface area (Å²) in [5.41, 5.74) is 6.37. The Morgan fingerprint density at radius 2 is 1.54 bits per heavy atom. The molecule has 35 heavy (non-hydrogen) atoms. The number of aromatic nitrogens is 2. The molecule has 0 bridgehead atoms. The molecule has 0 aliphatic carbocycles. The van der Waals surface area contributed by atoms with Gasteiger partial charge in [-0.15, -0.1) is 0 Å². The first-order valence-corrected chi connectivity index (χ1v) is 12.0. The third kappa shape index (κ3) is 6.02. The molecule has 0 unspecified atom stereocenters. The normalized spacial score (nSPS) is 11.9. The monoisotopic (exact) mass is 562 g/mol. The molecule has 0 aliphatic heterocycles. The van der Waals surface area contributed by atoms with Crippen LogP contribution in [0.5, 0.6) is 0 Å². The standard InChI is InChI=1S/C25H28BrClN4O4/c1-13-16(15-8-14-9-19(28)30-11-17(14)21(27)20(15)26)10-29-12-18(13)31(22(32)34-24(2,3)4)23(33)35-25(5,6)7/h8-12H,1-7H3,(H2,28,30). The van der Waals surface area contributed by atoms with Crippen LogP contribution in [0.2, 0.25) is 5.02 Å². The van der Waals surface area contributed by atoms with Crippen LogP contribution < -0.4 is 10.6 Å². The minimum absolute atomic E-state index is 0.225. The molecule has 0 aliphatic rings. The van der Waals surface area contributed by atoms with Crippen molar-refractivity contribution in [1.82, 2.24) is 9.97 Å². The van der Waals surface area contributed by atoms with Crippen LogP contribution in [0, 0.1) is 6.92 Å². The van der Waals surface area contributed by atoms with Gasteiger partial charge in [0.2, 0.25) is 0 Å². The van der Waals surface area contributed by atoms with Crippen LogP contribution >= 0.6 is 27.5 Å². The number of hydrogen-bond donors (Lipinski definition) is 1. The van der Waals surface area contributed by atoms with E-state index in [0.717, 1.165) is 15.7 Å². The number of anilines is 2. The lowest BCUT2D eigenvalue weighted by Crippen LogP contribution is -2.44. The number of carbonyl (C=O) groups is 2.